The largest absolute Gasteiger partial charge is 0.508 e. The maximum absolute atomic E-state index is 9.48. The Bertz CT molecular complexity index is 799. The van der Waals surface area contributed by atoms with E-state index in [4.69, 9.17) is 0 Å². The Balaban J connectivity index is 1.82. The van der Waals surface area contributed by atoms with Gasteiger partial charge in [0.05, 0.1) is 5.41 Å². The van der Waals surface area contributed by atoms with Crippen molar-refractivity contribution in [3.63, 3.8) is 0 Å². The topological polar surface area (TPSA) is 50.9 Å². The molecule has 1 aliphatic rings. The van der Waals surface area contributed by atoms with Crippen LogP contribution in [-0.4, -0.2) is 19.9 Å². The fraction of sp³-hybridized carbons (Fsp3) is 0.333. The van der Waals surface area contributed by atoms with Gasteiger partial charge < -0.3 is 9.67 Å². The molecule has 1 saturated carbocycles. The molecule has 0 aliphatic heterocycles. The molecule has 0 amide bonds. The van der Waals surface area contributed by atoms with Gasteiger partial charge in [-0.25, -0.2) is 0 Å². The first-order valence-electron chi connectivity index (χ1n) is 7.94. The summed E-state index contributed by atoms with van der Waals surface area (Å²) in [7, 11) is 2.05. The lowest BCUT2D eigenvalue weighted by molar-refractivity contribution is 0.475. The second-order valence-corrected chi connectivity index (χ2v) is 7.17. The number of hydrogen-bond donors (Lipinski definition) is 1. The van der Waals surface area contributed by atoms with Crippen molar-refractivity contribution >= 4 is 11.3 Å². The highest BCUT2D eigenvalue weighted by Gasteiger charge is 2.42. The number of thiophene rings is 1. The summed E-state index contributed by atoms with van der Waals surface area (Å²) in [5.41, 5.74) is 0.980. The van der Waals surface area contributed by atoms with Crippen LogP contribution in [0.4, 0.5) is 0 Å². The van der Waals surface area contributed by atoms with E-state index in [1.54, 1.807) is 12.1 Å². The smallest absolute Gasteiger partial charge is 0.163 e. The molecular formula is C18H19N3OS. The zero-order valence-corrected chi connectivity index (χ0v) is 13.9. The van der Waals surface area contributed by atoms with Gasteiger partial charge in [0.1, 0.15) is 11.6 Å². The van der Waals surface area contributed by atoms with Gasteiger partial charge in [0.2, 0.25) is 0 Å². The molecule has 4 nitrogen and oxygen atoms in total. The summed E-state index contributed by atoms with van der Waals surface area (Å²) in [5, 5.41) is 20.7. The molecule has 4 rings (SSSR count). The Labute approximate surface area is 139 Å². The van der Waals surface area contributed by atoms with E-state index in [1.807, 2.05) is 30.5 Å². The SMILES string of the molecule is Cn1c(-c2ccc(O)cc2)nnc1C1(c2cccs2)CCCC1. The lowest BCUT2D eigenvalue weighted by atomic mass is 9.83. The fourth-order valence-corrected chi connectivity index (χ4v) is 4.70. The molecule has 118 valence electrons. The van der Waals surface area contributed by atoms with E-state index < -0.39 is 0 Å². The van der Waals surface area contributed by atoms with Gasteiger partial charge in [-0.2, -0.15) is 0 Å². The molecule has 2 heterocycles. The first kappa shape index (κ1) is 14.5. The van der Waals surface area contributed by atoms with Crippen LogP contribution in [0.3, 0.4) is 0 Å². The van der Waals surface area contributed by atoms with Crippen molar-refractivity contribution in [1.82, 2.24) is 14.8 Å². The van der Waals surface area contributed by atoms with Crippen LogP contribution in [0.15, 0.2) is 41.8 Å². The van der Waals surface area contributed by atoms with E-state index in [2.05, 4.69) is 32.3 Å². The summed E-state index contributed by atoms with van der Waals surface area (Å²) in [5.74, 6) is 2.17. The molecule has 0 saturated heterocycles. The van der Waals surface area contributed by atoms with E-state index in [1.165, 1.54) is 17.7 Å². The molecule has 0 unspecified atom stereocenters. The Morgan fingerprint density at radius 2 is 1.83 bits per heavy atom. The maximum atomic E-state index is 9.48. The fourth-order valence-electron chi connectivity index (χ4n) is 3.72. The molecule has 1 N–H and O–H groups in total. The van der Waals surface area contributed by atoms with Gasteiger partial charge >= 0.3 is 0 Å². The van der Waals surface area contributed by atoms with Crippen LogP contribution in [0.1, 0.15) is 36.4 Å². The Morgan fingerprint density at radius 3 is 2.48 bits per heavy atom. The zero-order chi connectivity index (χ0) is 15.9. The number of aromatic hydroxyl groups is 1. The molecule has 0 bridgehead atoms. The Morgan fingerprint density at radius 1 is 1.09 bits per heavy atom. The van der Waals surface area contributed by atoms with E-state index >= 15 is 0 Å². The third-order valence-electron chi connectivity index (χ3n) is 4.88. The third-order valence-corrected chi connectivity index (χ3v) is 5.95. The second-order valence-electron chi connectivity index (χ2n) is 6.22. The number of nitrogens with zero attached hydrogens (tertiary/aromatic N) is 3. The standard InChI is InChI=1S/C18H19N3OS/c1-21-16(13-6-8-14(22)9-7-13)19-20-17(21)18(10-2-3-11-18)15-5-4-12-23-15/h4-9,12,22H,2-3,10-11H2,1H3. The summed E-state index contributed by atoms with van der Waals surface area (Å²) in [6.45, 7) is 0. The normalized spacial score (nSPS) is 16.7. The summed E-state index contributed by atoms with van der Waals surface area (Å²) in [6.07, 6.45) is 4.74. The van der Waals surface area contributed by atoms with Gasteiger partial charge in [-0.1, -0.05) is 18.9 Å². The third kappa shape index (κ3) is 2.27. The van der Waals surface area contributed by atoms with Crippen LogP contribution in [0, 0.1) is 0 Å². The predicted octanol–water partition coefficient (Wildman–Crippen LogP) is 4.11. The summed E-state index contributed by atoms with van der Waals surface area (Å²) < 4.78 is 2.12. The van der Waals surface area contributed by atoms with Crippen molar-refractivity contribution in [2.24, 2.45) is 7.05 Å². The number of phenols is 1. The molecule has 3 aromatic rings. The van der Waals surface area contributed by atoms with Crippen molar-refractivity contribution in [3.05, 3.63) is 52.5 Å². The van der Waals surface area contributed by atoms with E-state index in [0.29, 0.717) is 0 Å². The average Bonchev–Trinajstić information content (AvgIpc) is 3.28. The Kier molecular flexibility index (Phi) is 3.45. The van der Waals surface area contributed by atoms with Gasteiger partial charge in [0.25, 0.3) is 0 Å². The molecule has 1 aliphatic carbocycles. The van der Waals surface area contributed by atoms with Crippen molar-refractivity contribution in [1.29, 1.82) is 0 Å². The average molecular weight is 325 g/mol. The minimum Gasteiger partial charge on any atom is -0.508 e. The number of aromatic nitrogens is 3. The number of rotatable bonds is 3. The van der Waals surface area contributed by atoms with Gasteiger partial charge in [-0.3, -0.25) is 0 Å². The van der Waals surface area contributed by atoms with Gasteiger partial charge in [0.15, 0.2) is 5.82 Å². The van der Waals surface area contributed by atoms with Crippen LogP contribution < -0.4 is 0 Å². The predicted molar refractivity (Wildman–Crippen MR) is 91.7 cm³/mol. The second kappa shape index (κ2) is 5.49. The Hall–Kier alpha value is -2.14. The molecule has 2 aromatic heterocycles. The van der Waals surface area contributed by atoms with Crippen molar-refractivity contribution in [2.75, 3.05) is 0 Å². The minimum absolute atomic E-state index is 0.00505. The van der Waals surface area contributed by atoms with Crippen LogP contribution in [0.5, 0.6) is 5.75 Å². The lowest BCUT2D eigenvalue weighted by Crippen LogP contribution is -2.26. The van der Waals surface area contributed by atoms with Crippen LogP contribution >= 0.6 is 11.3 Å². The molecular weight excluding hydrogens is 306 g/mol. The van der Waals surface area contributed by atoms with Gasteiger partial charge in [0, 0.05) is 17.5 Å². The quantitative estimate of drug-likeness (QED) is 0.788. The molecule has 5 heteroatoms. The maximum Gasteiger partial charge on any atom is 0.163 e. The first-order chi connectivity index (χ1) is 11.2. The first-order valence-corrected chi connectivity index (χ1v) is 8.82. The van der Waals surface area contributed by atoms with E-state index in [9.17, 15) is 5.11 Å². The van der Waals surface area contributed by atoms with Crippen LogP contribution in [-0.2, 0) is 12.5 Å². The number of hydrogen-bond acceptors (Lipinski definition) is 4. The van der Waals surface area contributed by atoms with Crippen molar-refractivity contribution < 1.29 is 5.11 Å². The lowest BCUT2D eigenvalue weighted by Gasteiger charge is -2.26. The zero-order valence-electron chi connectivity index (χ0n) is 13.1. The summed E-state index contributed by atoms with van der Waals surface area (Å²) in [4.78, 5) is 1.39. The number of benzene rings is 1. The van der Waals surface area contributed by atoms with Crippen molar-refractivity contribution in [3.8, 4) is 17.1 Å². The molecule has 0 atom stereocenters. The minimum atomic E-state index is 0.00505. The molecule has 0 spiro atoms. The monoisotopic (exact) mass is 325 g/mol. The number of phenolic OH excluding ortho intramolecular Hbond substituents is 1. The molecule has 0 radical (unpaired) electrons. The van der Waals surface area contributed by atoms with Crippen LogP contribution in [0.2, 0.25) is 0 Å². The highest BCUT2D eigenvalue weighted by Crippen LogP contribution is 2.47. The highest BCUT2D eigenvalue weighted by molar-refractivity contribution is 7.10. The van der Waals surface area contributed by atoms with Crippen molar-refractivity contribution in [2.45, 2.75) is 31.1 Å². The molecule has 1 aromatic carbocycles. The highest BCUT2D eigenvalue weighted by atomic mass is 32.1. The van der Waals surface area contributed by atoms with E-state index in [0.717, 1.165) is 30.1 Å². The summed E-state index contributed by atoms with van der Waals surface area (Å²) >= 11 is 1.82. The summed E-state index contributed by atoms with van der Waals surface area (Å²) in [6, 6.07) is 11.5. The van der Waals surface area contributed by atoms with E-state index in [-0.39, 0.29) is 11.2 Å². The van der Waals surface area contributed by atoms with Gasteiger partial charge in [-0.15, -0.1) is 21.5 Å². The van der Waals surface area contributed by atoms with Crippen LogP contribution in [0.25, 0.3) is 11.4 Å². The molecule has 23 heavy (non-hydrogen) atoms. The van der Waals surface area contributed by atoms with Gasteiger partial charge in [-0.05, 0) is 48.6 Å². The molecule has 1 fully saturated rings.